The van der Waals surface area contributed by atoms with E-state index in [2.05, 4.69) is 12.2 Å². The molecular formula is C23H23NO5. The zero-order valence-electron chi connectivity index (χ0n) is 16.2. The minimum absolute atomic E-state index is 0.0248. The molecule has 1 aromatic rings. The van der Waals surface area contributed by atoms with Crippen LogP contribution in [0.15, 0.2) is 36.4 Å². The third-order valence-electron chi connectivity index (χ3n) is 7.03. The number of hydrogen-bond donors (Lipinski definition) is 0. The van der Waals surface area contributed by atoms with Crippen LogP contribution in [0.25, 0.3) is 0 Å². The van der Waals surface area contributed by atoms with Crippen molar-refractivity contribution in [2.45, 2.75) is 19.8 Å². The number of allylic oxidation sites excluding steroid dienone is 2. The fourth-order valence-corrected chi connectivity index (χ4v) is 5.48. The van der Waals surface area contributed by atoms with Crippen LogP contribution in [-0.2, 0) is 19.1 Å². The Morgan fingerprint density at radius 3 is 2.17 bits per heavy atom. The molecule has 6 rings (SSSR count). The molecule has 6 atom stereocenters. The Labute approximate surface area is 168 Å². The largest absolute Gasteiger partial charge is 0.457 e. The number of amides is 2. The number of carbonyl (C=O) groups is 4. The number of imide groups is 1. The number of likely N-dealkylation sites (tertiary alicyclic amines) is 1. The fraction of sp³-hybridized carbons (Fsp3) is 0.478. The highest BCUT2D eigenvalue weighted by Gasteiger charge is 2.66. The molecule has 1 saturated heterocycles. The molecule has 5 aliphatic rings. The van der Waals surface area contributed by atoms with Gasteiger partial charge in [-0.3, -0.25) is 24.1 Å². The number of hydrogen-bond acceptors (Lipinski definition) is 5. The Kier molecular flexibility index (Phi) is 4.19. The van der Waals surface area contributed by atoms with Crippen molar-refractivity contribution in [1.82, 2.24) is 4.90 Å². The molecule has 1 aromatic carbocycles. The zero-order valence-corrected chi connectivity index (χ0v) is 16.2. The second-order valence-corrected chi connectivity index (χ2v) is 8.68. The molecule has 0 unspecified atom stereocenters. The highest BCUT2D eigenvalue weighted by Crippen LogP contribution is 2.65. The molecule has 1 heterocycles. The summed E-state index contributed by atoms with van der Waals surface area (Å²) in [6.45, 7) is 1.61. The zero-order chi connectivity index (χ0) is 20.3. The number of carbonyl (C=O) groups excluding carboxylic acids is 4. The average molecular weight is 393 g/mol. The van der Waals surface area contributed by atoms with Crippen molar-refractivity contribution in [2.24, 2.45) is 35.5 Å². The van der Waals surface area contributed by atoms with Gasteiger partial charge in [0.1, 0.15) is 0 Å². The van der Waals surface area contributed by atoms with Crippen LogP contribution in [0.5, 0.6) is 0 Å². The lowest BCUT2D eigenvalue weighted by Gasteiger charge is -2.37. The summed E-state index contributed by atoms with van der Waals surface area (Å²) in [6.07, 6.45) is 5.28. The van der Waals surface area contributed by atoms with Crippen molar-refractivity contribution < 1.29 is 23.9 Å². The Hall–Kier alpha value is -2.76. The van der Waals surface area contributed by atoms with E-state index >= 15 is 0 Å². The third-order valence-corrected chi connectivity index (χ3v) is 7.03. The molecule has 2 saturated carbocycles. The van der Waals surface area contributed by atoms with Gasteiger partial charge in [-0.15, -0.1) is 0 Å². The van der Waals surface area contributed by atoms with Gasteiger partial charge in [-0.2, -0.15) is 0 Å². The fourth-order valence-electron chi connectivity index (χ4n) is 5.48. The predicted molar refractivity (Wildman–Crippen MR) is 103 cm³/mol. The molecule has 1 aliphatic heterocycles. The molecule has 4 aliphatic carbocycles. The predicted octanol–water partition coefficient (Wildman–Crippen LogP) is 2.16. The molecule has 3 fully saturated rings. The van der Waals surface area contributed by atoms with E-state index in [0.29, 0.717) is 17.4 Å². The number of aryl methyl sites for hydroxylation is 1. The molecule has 6 heteroatoms. The van der Waals surface area contributed by atoms with Gasteiger partial charge in [0.05, 0.1) is 18.3 Å². The van der Waals surface area contributed by atoms with Gasteiger partial charge in [0.25, 0.3) is 0 Å². The van der Waals surface area contributed by atoms with Gasteiger partial charge >= 0.3 is 5.97 Å². The summed E-state index contributed by atoms with van der Waals surface area (Å²) in [5.41, 5.74) is 1.53. The molecule has 150 valence electrons. The topological polar surface area (TPSA) is 80.8 Å². The minimum Gasteiger partial charge on any atom is -0.457 e. The molecular weight excluding hydrogens is 370 g/mol. The lowest BCUT2D eigenvalue weighted by atomic mass is 9.63. The third kappa shape index (κ3) is 2.93. The van der Waals surface area contributed by atoms with Gasteiger partial charge in [-0.05, 0) is 37.0 Å². The van der Waals surface area contributed by atoms with Gasteiger partial charge in [-0.25, -0.2) is 0 Å². The molecule has 29 heavy (non-hydrogen) atoms. The van der Waals surface area contributed by atoms with E-state index in [4.69, 9.17) is 4.74 Å². The van der Waals surface area contributed by atoms with Crippen LogP contribution >= 0.6 is 0 Å². The molecule has 0 spiro atoms. The summed E-state index contributed by atoms with van der Waals surface area (Å²) in [5, 5.41) is 0. The van der Waals surface area contributed by atoms with Gasteiger partial charge in [-0.1, -0.05) is 42.0 Å². The summed E-state index contributed by atoms with van der Waals surface area (Å²) >= 11 is 0. The summed E-state index contributed by atoms with van der Waals surface area (Å²) in [5.74, 6) is -0.181. The standard InChI is InChI=1S/C23H23NO5/c1-12-2-4-13(5-3-12)18(25)11-29-19(26)8-9-24-22(27)20-14-6-7-15(17-10-16(14)17)21(20)23(24)28/h2-7,14-17,20-21H,8-11H2,1H3/t14-,15-,16-,17-,20-,21+/m1/s1. The van der Waals surface area contributed by atoms with Crippen LogP contribution in [-0.4, -0.2) is 41.6 Å². The highest BCUT2D eigenvalue weighted by atomic mass is 16.5. The summed E-state index contributed by atoms with van der Waals surface area (Å²) in [7, 11) is 0. The Bertz CT molecular complexity index is 897. The van der Waals surface area contributed by atoms with Crippen molar-refractivity contribution in [1.29, 1.82) is 0 Å². The summed E-state index contributed by atoms with van der Waals surface area (Å²) < 4.78 is 5.07. The SMILES string of the molecule is Cc1ccc(C(=O)COC(=O)CCN2C(=O)[C@@H]3[C@@H]4C=C[C@H]([C@H]5C[C@H]45)[C@@H]3C2=O)cc1. The lowest BCUT2D eigenvalue weighted by Crippen LogP contribution is -2.40. The molecule has 6 nitrogen and oxygen atoms in total. The Morgan fingerprint density at radius 1 is 1.00 bits per heavy atom. The van der Waals surface area contributed by atoms with Crippen molar-refractivity contribution >= 4 is 23.6 Å². The van der Waals surface area contributed by atoms with Crippen LogP contribution in [0.3, 0.4) is 0 Å². The normalized spacial score (nSPS) is 33.5. The van der Waals surface area contributed by atoms with E-state index in [1.54, 1.807) is 12.1 Å². The van der Waals surface area contributed by atoms with Crippen molar-refractivity contribution in [3.63, 3.8) is 0 Å². The first-order valence-electron chi connectivity index (χ1n) is 10.2. The molecule has 0 radical (unpaired) electrons. The maximum Gasteiger partial charge on any atom is 0.308 e. The number of esters is 1. The lowest BCUT2D eigenvalue weighted by molar-refractivity contribution is -0.145. The van der Waals surface area contributed by atoms with Crippen molar-refractivity contribution in [3.8, 4) is 0 Å². The summed E-state index contributed by atoms with van der Waals surface area (Å²) in [6, 6.07) is 7.04. The monoisotopic (exact) mass is 393 g/mol. The van der Waals surface area contributed by atoms with Gasteiger partial charge in [0.2, 0.25) is 11.8 Å². The van der Waals surface area contributed by atoms with Gasteiger partial charge < -0.3 is 4.74 Å². The number of ether oxygens (including phenoxy) is 1. The van der Waals surface area contributed by atoms with E-state index in [-0.39, 0.29) is 60.8 Å². The first-order chi connectivity index (χ1) is 14.0. The number of benzene rings is 1. The van der Waals surface area contributed by atoms with E-state index in [0.717, 1.165) is 12.0 Å². The second kappa shape index (κ2) is 6.65. The molecule has 0 aromatic heterocycles. The number of Topliss-reactive ketones (excluding diaryl/α,β-unsaturated/α-hetero) is 1. The van der Waals surface area contributed by atoms with Gasteiger partial charge in [0, 0.05) is 12.1 Å². The quantitative estimate of drug-likeness (QED) is 0.320. The molecule has 0 N–H and O–H groups in total. The first-order valence-corrected chi connectivity index (χ1v) is 10.2. The number of rotatable bonds is 6. The van der Waals surface area contributed by atoms with Crippen LogP contribution < -0.4 is 0 Å². The summed E-state index contributed by atoms with van der Waals surface area (Å²) in [4.78, 5) is 51.2. The maximum atomic E-state index is 12.9. The van der Waals surface area contributed by atoms with Crippen LogP contribution in [0.2, 0.25) is 0 Å². The average Bonchev–Trinajstić information content (AvgIpc) is 3.50. The van der Waals surface area contributed by atoms with Crippen LogP contribution in [0.4, 0.5) is 0 Å². The smallest absolute Gasteiger partial charge is 0.308 e. The number of nitrogens with zero attached hydrogens (tertiary/aromatic N) is 1. The highest BCUT2D eigenvalue weighted by molar-refractivity contribution is 6.06. The van der Waals surface area contributed by atoms with Gasteiger partial charge in [0.15, 0.2) is 12.4 Å². The minimum atomic E-state index is -0.579. The Morgan fingerprint density at radius 2 is 1.59 bits per heavy atom. The van der Waals surface area contributed by atoms with Crippen molar-refractivity contribution in [2.75, 3.05) is 13.2 Å². The second-order valence-electron chi connectivity index (χ2n) is 8.68. The molecule has 2 amide bonds. The van der Waals surface area contributed by atoms with E-state index in [1.807, 2.05) is 19.1 Å². The van der Waals surface area contributed by atoms with Crippen LogP contribution in [0.1, 0.15) is 28.8 Å². The first kappa shape index (κ1) is 18.3. The van der Waals surface area contributed by atoms with Crippen molar-refractivity contribution in [3.05, 3.63) is 47.5 Å². The van der Waals surface area contributed by atoms with Crippen LogP contribution in [0, 0.1) is 42.4 Å². The Balaban J connectivity index is 1.15. The maximum absolute atomic E-state index is 12.9. The molecule has 2 bridgehead atoms. The van der Waals surface area contributed by atoms with E-state index in [9.17, 15) is 19.2 Å². The van der Waals surface area contributed by atoms with E-state index < -0.39 is 5.97 Å². The number of ketones is 1. The van der Waals surface area contributed by atoms with E-state index in [1.165, 1.54) is 4.90 Å².